The lowest BCUT2D eigenvalue weighted by atomic mass is 9.92. The average molecular weight is 423 g/mol. The molecule has 3 rings (SSSR count). The number of ether oxygens (including phenoxy) is 2. The molecular weight excluding hydrogens is 398 g/mol. The van der Waals surface area contributed by atoms with Crippen molar-refractivity contribution < 1.29 is 29.0 Å². The molecule has 0 spiro atoms. The Labute approximate surface area is 180 Å². The fourth-order valence-corrected chi connectivity index (χ4v) is 3.64. The zero-order valence-electron chi connectivity index (χ0n) is 17.9. The van der Waals surface area contributed by atoms with Crippen LogP contribution >= 0.6 is 0 Å². The van der Waals surface area contributed by atoms with E-state index in [1.54, 1.807) is 36.4 Å². The maximum atomic E-state index is 13.1. The molecule has 7 nitrogen and oxygen atoms in total. The number of hydrogen-bond donors (Lipinski definition) is 1. The van der Waals surface area contributed by atoms with Gasteiger partial charge in [-0.05, 0) is 47.9 Å². The quantitative estimate of drug-likeness (QED) is 0.677. The minimum absolute atomic E-state index is 0.0576. The van der Waals surface area contributed by atoms with Gasteiger partial charge in [0.25, 0.3) is 5.91 Å². The van der Waals surface area contributed by atoms with E-state index in [9.17, 15) is 19.5 Å². The Morgan fingerprint density at radius 2 is 1.77 bits per heavy atom. The number of nitrogens with zero attached hydrogens (tertiary/aromatic N) is 1. The summed E-state index contributed by atoms with van der Waals surface area (Å²) in [5.41, 5.74) is 1.44. The molecule has 1 amide bonds. The van der Waals surface area contributed by atoms with Crippen LogP contribution in [-0.2, 0) is 14.3 Å². The number of rotatable bonds is 7. The fraction of sp³-hybridized carbons (Fsp3) is 0.292. The predicted molar refractivity (Wildman–Crippen MR) is 115 cm³/mol. The van der Waals surface area contributed by atoms with Gasteiger partial charge < -0.3 is 14.6 Å². The third-order valence-electron chi connectivity index (χ3n) is 5.08. The van der Waals surface area contributed by atoms with E-state index >= 15 is 0 Å². The van der Waals surface area contributed by atoms with Gasteiger partial charge in [0.2, 0.25) is 0 Å². The van der Waals surface area contributed by atoms with Gasteiger partial charge in [-0.15, -0.1) is 0 Å². The number of methoxy groups -OCH3 is 2. The first-order chi connectivity index (χ1) is 14.8. The maximum Gasteiger partial charge on any atom is 0.337 e. The number of ketones is 1. The number of aliphatic hydroxyl groups is 1. The monoisotopic (exact) mass is 423 g/mol. The molecule has 0 aromatic heterocycles. The molecular formula is C24H25NO6. The molecule has 2 aromatic rings. The molecule has 1 aliphatic heterocycles. The van der Waals surface area contributed by atoms with Gasteiger partial charge in [-0.2, -0.15) is 0 Å². The summed E-state index contributed by atoms with van der Waals surface area (Å²) in [5.74, 6) is -1.41. The molecule has 1 atom stereocenters. The summed E-state index contributed by atoms with van der Waals surface area (Å²) in [6.45, 7) is 3.80. The summed E-state index contributed by atoms with van der Waals surface area (Å²) in [6, 6.07) is 12.4. The first kappa shape index (κ1) is 22.1. The van der Waals surface area contributed by atoms with Gasteiger partial charge >= 0.3 is 5.97 Å². The minimum Gasteiger partial charge on any atom is -0.503 e. The van der Waals surface area contributed by atoms with Crippen LogP contribution in [-0.4, -0.2) is 37.0 Å². The van der Waals surface area contributed by atoms with E-state index in [-0.39, 0.29) is 23.7 Å². The van der Waals surface area contributed by atoms with Crippen LogP contribution in [0.3, 0.4) is 0 Å². The largest absolute Gasteiger partial charge is 0.503 e. The van der Waals surface area contributed by atoms with E-state index in [2.05, 4.69) is 0 Å². The number of anilines is 1. The Morgan fingerprint density at radius 3 is 2.35 bits per heavy atom. The second kappa shape index (κ2) is 9.04. The first-order valence-corrected chi connectivity index (χ1v) is 9.90. The highest BCUT2D eigenvalue weighted by Crippen LogP contribution is 2.42. The van der Waals surface area contributed by atoms with Crippen molar-refractivity contribution in [1.29, 1.82) is 0 Å². The molecule has 0 saturated carbocycles. The van der Waals surface area contributed by atoms with Crippen molar-refractivity contribution in [2.45, 2.75) is 26.3 Å². The third kappa shape index (κ3) is 4.30. The van der Waals surface area contributed by atoms with Crippen molar-refractivity contribution in [3.05, 3.63) is 71.0 Å². The van der Waals surface area contributed by atoms with Crippen LogP contribution < -0.4 is 9.64 Å². The van der Waals surface area contributed by atoms with E-state index in [1.807, 2.05) is 13.8 Å². The lowest BCUT2D eigenvalue weighted by molar-refractivity contribution is -0.118. The number of Topliss-reactive ketones (excluding diaryl/α,β-unsaturated/α-hetero) is 1. The van der Waals surface area contributed by atoms with Crippen LogP contribution in [0.25, 0.3) is 0 Å². The third-order valence-corrected chi connectivity index (χ3v) is 5.08. The average Bonchev–Trinajstić information content (AvgIpc) is 3.03. The topological polar surface area (TPSA) is 93.1 Å². The van der Waals surface area contributed by atoms with Crippen LogP contribution in [0.15, 0.2) is 59.9 Å². The summed E-state index contributed by atoms with van der Waals surface area (Å²) in [6.07, 6.45) is 0.197. The normalized spacial score (nSPS) is 16.1. The molecule has 0 fully saturated rings. The summed E-state index contributed by atoms with van der Waals surface area (Å²) < 4.78 is 10.0. The fourth-order valence-electron chi connectivity index (χ4n) is 3.64. The highest BCUT2D eigenvalue weighted by Gasteiger charge is 2.44. The van der Waals surface area contributed by atoms with Crippen LogP contribution in [0.5, 0.6) is 5.75 Å². The number of carbonyl (C=O) groups excluding carboxylic acids is 3. The zero-order valence-corrected chi connectivity index (χ0v) is 17.9. The smallest absolute Gasteiger partial charge is 0.337 e. The van der Waals surface area contributed by atoms with Gasteiger partial charge in [-0.1, -0.05) is 26.0 Å². The first-order valence-electron chi connectivity index (χ1n) is 9.90. The number of esters is 1. The van der Waals surface area contributed by atoms with Gasteiger partial charge in [0.1, 0.15) is 5.75 Å². The van der Waals surface area contributed by atoms with Gasteiger partial charge in [0.15, 0.2) is 11.5 Å². The molecule has 162 valence electrons. The Balaban J connectivity index is 2.12. The molecule has 31 heavy (non-hydrogen) atoms. The molecule has 7 heteroatoms. The Morgan fingerprint density at radius 1 is 1.10 bits per heavy atom. The number of aliphatic hydroxyl groups excluding tert-OH is 1. The highest BCUT2D eigenvalue weighted by molar-refractivity contribution is 6.16. The molecule has 1 unspecified atom stereocenters. The van der Waals surface area contributed by atoms with Gasteiger partial charge in [-0.25, -0.2) is 4.79 Å². The van der Waals surface area contributed by atoms with E-state index in [0.29, 0.717) is 22.6 Å². The lowest BCUT2D eigenvalue weighted by Crippen LogP contribution is -2.31. The van der Waals surface area contributed by atoms with Crippen molar-refractivity contribution >= 4 is 23.3 Å². The summed E-state index contributed by atoms with van der Waals surface area (Å²) in [4.78, 5) is 39.2. The van der Waals surface area contributed by atoms with Crippen LogP contribution in [0.4, 0.5) is 5.69 Å². The van der Waals surface area contributed by atoms with E-state index in [4.69, 9.17) is 9.47 Å². The molecule has 0 bridgehead atoms. The van der Waals surface area contributed by atoms with Crippen molar-refractivity contribution in [2.75, 3.05) is 19.1 Å². The maximum absolute atomic E-state index is 13.1. The Bertz CT molecular complexity index is 1040. The molecule has 1 aliphatic rings. The SMILES string of the molecule is COC(=O)c1ccc(N2C(=O)C(O)=C(C(=O)CC(C)C)C2c2cccc(OC)c2)cc1. The minimum atomic E-state index is -0.821. The predicted octanol–water partition coefficient (Wildman–Crippen LogP) is 4.00. The molecule has 1 N–H and O–H groups in total. The van der Waals surface area contributed by atoms with E-state index in [1.165, 1.54) is 31.3 Å². The second-order valence-electron chi connectivity index (χ2n) is 7.68. The van der Waals surface area contributed by atoms with Crippen LogP contribution in [0, 0.1) is 5.92 Å². The molecule has 0 saturated heterocycles. The summed E-state index contributed by atoms with van der Waals surface area (Å²) >= 11 is 0. The van der Waals surface area contributed by atoms with Gasteiger partial charge in [0, 0.05) is 12.1 Å². The highest BCUT2D eigenvalue weighted by atomic mass is 16.5. The second-order valence-corrected chi connectivity index (χ2v) is 7.68. The summed E-state index contributed by atoms with van der Waals surface area (Å²) in [7, 11) is 2.81. The van der Waals surface area contributed by atoms with E-state index in [0.717, 1.165) is 0 Å². The Hall–Kier alpha value is -3.61. The van der Waals surface area contributed by atoms with Crippen LogP contribution in [0.1, 0.15) is 42.2 Å². The van der Waals surface area contributed by atoms with Gasteiger partial charge in [0.05, 0.1) is 31.4 Å². The zero-order chi connectivity index (χ0) is 22.7. The van der Waals surface area contributed by atoms with Gasteiger partial charge in [-0.3, -0.25) is 14.5 Å². The molecule has 1 heterocycles. The number of carbonyl (C=O) groups is 3. The van der Waals surface area contributed by atoms with Crippen molar-refractivity contribution in [3.8, 4) is 5.75 Å². The van der Waals surface area contributed by atoms with Crippen molar-refractivity contribution in [1.82, 2.24) is 0 Å². The number of hydrogen-bond acceptors (Lipinski definition) is 6. The molecule has 0 radical (unpaired) electrons. The number of benzene rings is 2. The molecule has 0 aliphatic carbocycles. The standard InChI is InChI=1S/C24H25NO6/c1-14(2)12-19(26)20-21(16-6-5-7-18(13-16)30-3)25(23(28)22(20)27)17-10-8-15(9-11-17)24(29)31-4/h5-11,13-14,21,27H,12H2,1-4H3. The number of amides is 1. The van der Waals surface area contributed by atoms with Crippen molar-refractivity contribution in [3.63, 3.8) is 0 Å². The van der Waals surface area contributed by atoms with Crippen LogP contribution in [0.2, 0.25) is 0 Å². The molecule has 2 aromatic carbocycles. The van der Waals surface area contributed by atoms with Crippen molar-refractivity contribution in [2.24, 2.45) is 5.92 Å². The van der Waals surface area contributed by atoms with E-state index < -0.39 is 23.7 Å². The Kier molecular flexibility index (Phi) is 6.44. The lowest BCUT2D eigenvalue weighted by Gasteiger charge is -2.27. The summed E-state index contributed by atoms with van der Waals surface area (Å²) in [5, 5.41) is 10.7.